The standard InChI is InChI=1S/C8H10Cl2N6/c1-16-3-2-12-8(16)13-4-5(9)14-7(11)15-6(4)10/h2-3H2,1H3,(H,12,13)(H2,11,14,15). The molecular formula is C8H10Cl2N6. The van der Waals surface area contributed by atoms with E-state index >= 15 is 0 Å². The van der Waals surface area contributed by atoms with Crippen molar-refractivity contribution in [1.82, 2.24) is 14.9 Å². The van der Waals surface area contributed by atoms with E-state index in [4.69, 9.17) is 28.9 Å². The molecule has 2 rings (SSSR count). The van der Waals surface area contributed by atoms with Crippen LogP contribution in [-0.2, 0) is 0 Å². The van der Waals surface area contributed by atoms with Crippen LogP contribution < -0.4 is 11.1 Å². The van der Waals surface area contributed by atoms with Crippen molar-refractivity contribution in [3.05, 3.63) is 10.3 Å². The molecule has 2 heterocycles. The molecule has 0 aliphatic carbocycles. The Bertz CT molecular complexity index is 423. The topological polar surface area (TPSA) is 79.4 Å². The van der Waals surface area contributed by atoms with E-state index in [1.807, 2.05) is 11.9 Å². The van der Waals surface area contributed by atoms with Gasteiger partial charge in [0.15, 0.2) is 16.3 Å². The zero-order valence-electron chi connectivity index (χ0n) is 8.54. The van der Waals surface area contributed by atoms with Crippen molar-refractivity contribution in [3.63, 3.8) is 0 Å². The molecule has 0 radical (unpaired) electrons. The Kier molecular flexibility index (Phi) is 3.02. The summed E-state index contributed by atoms with van der Waals surface area (Å²) in [6, 6.07) is 0. The van der Waals surface area contributed by atoms with Gasteiger partial charge in [-0.2, -0.15) is 9.97 Å². The second-order valence-corrected chi connectivity index (χ2v) is 4.01. The number of aromatic nitrogens is 2. The van der Waals surface area contributed by atoms with Gasteiger partial charge in [-0.3, -0.25) is 4.99 Å². The minimum atomic E-state index is 0.0438. The number of halogens is 2. The van der Waals surface area contributed by atoms with Gasteiger partial charge in [0.05, 0.1) is 6.54 Å². The monoisotopic (exact) mass is 260 g/mol. The lowest BCUT2D eigenvalue weighted by molar-refractivity contribution is 0.555. The minimum Gasteiger partial charge on any atom is -0.368 e. The normalized spacial score (nSPS) is 15.2. The molecule has 0 fully saturated rings. The number of aliphatic imine (C=N–C) groups is 1. The SMILES string of the molecule is CN1CCN=C1Nc1c(Cl)nc(N)nc1Cl. The third kappa shape index (κ3) is 2.12. The summed E-state index contributed by atoms with van der Waals surface area (Å²) in [5, 5.41) is 3.35. The van der Waals surface area contributed by atoms with Gasteiger partial charge in [-0.05, 0) is 0 Å². The van der Waals surface area contributed by atoms with Crippen molar-refractivity contribution in [2.75, 3.05) is 31.2 Å². The van der Waals surface area contributed by atoms with Crippen LogP contribution in [0, 0.1) is 0 Å². The highest BCUT2D eigenvalue weighted by Crippen LogP contribution is 2.28. The maximum Gasteiger partial charge on any atom is 0.223 e. The van der Waals surface area contributed by atoms with Crippen LogP contribution in [0.2, 0.25) is 10.3 Å². The zero-order chi connectivity index (χ0) is 11.7. The number of hydrogen-bond acceptors (Lipinski definition) is 6. The molecule has 3 N–H and O–H groups in total. The third-order valence-electron chi connectivity index (χ3n) is 2.13. The van der Waals surface area contributed by atoms with Crippen molar-refractivity contribution in [3.8, 4) is 0 Å². The molecule has 0 saturated heterocycles. The summed E-state index contributed by atoms with van der Waals surface area (Å²) in [6.07, 6.45) is 0. The molecule has 1 aromatic heterocycles. The molecule has 0 bridgehead atoms. The Morgan fingerprint density at radius 2 is 1.94 bits per heavy atom. The van der Waals surface area contributed by atoms with Gasteiger partial charge in [0, 0.05) is 13.6 Å². The maximum absolute atomic E-state index is 5.91. The summed E-state index contributed by atoms with van der Waals surface area (Å²) in [5.41, 5.74) is 5.83. The van der Waals surface area contributed by atoms with Crippen LogP contribution >= 0.6 is 23.2 Å². The molecule has 1 aliphatic heterocycles. The van der Waals surface area contributed by atoms with Crippen molar-refractivity contribution < 1.29 is 0 Å². The molecule has 16 heavy (non-hydrogen) atoms. The summed E-state index contributed by atoms with van der Waals surface area (Å²) in [4.78, 5) is 13.8. The van der Waals surface area contributed by atoms with E-state index in [0.717, 1.165) is 13.1 Å². The van der Waals surface area contributed by atoms with E-state index in [-0.39, 0.29) is 16.3 Å². The highest BCUT2D eigenvalue weighted by Gasteiger charge is 2.17. The van der Waals surface area contributed by atoms with E-state index in [2.05, 4.69) is 20.3 Å². The van der Waals surface area contributed by atoms with Gasteiger partial charge in [0.25, 0.3) is 0 Å². The zero-order valence-corrected chi connectivity index (χ0v) is 10.0. The van der Waals surface area contributed by atoms with Crippen molar-refractivity contribution in [1.29, 1.82) is 0 Å². The average Bonchev–Trinajstić information content (AvgIpc) is 2.57. The molecule has 86 valence electrons. The number of hydrogen-bond donors (Lipinski definition) is 2. The Balaban J connectivity index is 2.28. The van der Waals surface area contributed by atoms with Gasteiger partial charge in [0.2, 0.25) is 5.95 Å². The van der Waals surface area contributed by atoms with Gasteiger partial charge in [0.1, 0.15) is 5.69 Å². The number of anilines is 2. The highest BCUT2D eigenvalue weighted by molar-refractivity contribution is 6.38. The lowest BCUT2D eigenvalue weighted by atomic mass is 10.5. The third-order valence-corrected chi connectivity index (χ3v) is 2.68. The predicted octanol–water partition coefficient (Wildman–Crippen LogP) is 1.08. The fourth-order valence-corrected chi connectivity index (χ4v) is 1.80. The largest absolute Gasteiger partial charge is 0.368 e. The van der Waals surface area contributed by atoms with Crippen LogP contribution in [0.1, 0.15) is 0 Å². The first-order valence-electron chi connectivity index (χ1n) is 4.59. The molecule has 0 spiro atoms. The number of nitrogens with two attached hydrogens (primary N) is 1. The van der Waals surface area contributed by atoms with Gasteiger partial charge in [-0.1, -0.05) is 23.2 Å². The van der Waals surface area contributed by atoms with E-state index in [0.29, 0.717) is 11.6 Å². The van der Waals surface area contributed by atoms with Gasteiger partial charge < -0.3 is 16.0 Å². The molecule has 1 aliphatic rings. The first-order valence-corrected chi connectivity index (χ1v) is 5.34. The van der Waals surface area contributed by atoms with Crippen LogP contribution in [0.25, 0.3) is 0 Å². The van der Waals surface area contributed by atoms with E-state index in [1.165, 1.54) is 0 Å². The predicted molar refractivity (Wildman–Crippen MR) is 65.0 cm³/mol. The minimum absolute atomic E-state index is 0.0438. The van der Waals surface area contributed by atoms with Crippen LogP contribution in [0.5, 0.6) is 0 Å². The van der Waals surface area contributed by atoms with Gasteiger partial charge in [-0.15, -0.1) is 0 Å². The van der Waals surface area contributed by atoms with Crippen LogP contribution in [0.3, 0.4) is 0 Å². The summed E-state index contributed by atoms with van der Waals surface area (Å²) in [6.45, 7) is 1.59. The molecule has 6 nitrogen and oxygen atoms in total. The highest BCUT2D eigenvalue weighted by atomic mass is 35.5. The summed E-state index contributed by atoms with van der Waals surface area (Å²) in [5.74, 6) is 0.736. The molecule has 0 saturated carbocycles. The average molecular weight is 261 g/mol. The number of likely N-dealkylation sites (N-methyl/N-ethyl adjacent to an activating group) is 1. The van der Waals surface area contributed by atoms with E-state index < -0.39 is 0 Å². The number of nitrogen functional groups attached to an aromatic ring is 1. The Morgan fingerprint density at radius 1 is 1.31 bits per heavy atom. The second kappa shape index (κ2) is 4.31. The molecule has 0 atom stereocenters. The van der Waals surface area contributed by atoms with Crippen LogP contribution in [-0.4, -0.2) is 41.0 Å². The molecule has 0 unspecified atom stereocenters. The van der Waals surface area contributed by atoms with Crippen molar-refractivity contribution >= 4 is 40.8 Å². The van der Waals surface area contributed by atoms with Crippen LogP contribution in [0.4, 0.5) is 11.6 Å². The van der Waals surface area contributed by atoms with Crippen molar-refractivity contribution in [2.24, 2.45) is 4.99 Å². The Hall–Kier alpha value is -1.27. The fourth-order valence-electron chi connectivity index (χ4n) is 1.31. The maximum atomic E-state index is 5.91. The lowest BCUT2D eigenvalue weighted by Gasteiger charge is -2.16. The first-order chi connectivity index (χ1) is 7.58. The molecular weight excluding hydrogens is 251 g/mol. The molecule has 0 amide bonds. The van der Waals surface area contributed by atoms with E-state index in [9.17, 15) is 0 Å². The van der Waals surface area contributed by atoms with E-state index in [1.54, 1.807) is 0 Å². The summed E-state index contributed by atoms with van der Waals surface area (Å²) in [7, 11) is 1.92. The molecule has 1 aromatic rings. The summed E-state index contributed by atoms with van der Waals surface area (Å²) >= 11 is 11.8. The van der Waals surface area contributed by atoms with Gasteiger partial charge in [-0.25, -0.2) is 0 Å². The number of guanidine groups is 1. The number of nitrogens with zero attached hydrogens (tertiary/aromatic N) is 4. The first kappa shape index (κ1) is 11.2. The quantitative estimate of drug-likeness (QED) is 0.739. The lowest BCUT2D eigenvalue weighted by Crippen LogP contribution is -2.29. The summed E-state index contributed by atoms with van der Waals surface area (Å²) < 4.78 is 0. The Morgan fingerprint density at radius 3 is 2.44 bits per heavy atom. The Labute approximate surface area is 102 Å². The van der Waals surface area contributed by atoms with Gasteiger partial charge >= 0.3 is 0 Å². The second-order valence-electron chi connectivity index (χ2n) is 3.29. The number of nitrogens with one attached hydrogen (secondary N) is 1. The smallest absolute Gasteiger partial charge is 0.223 e. The van der Waals surface area contributed by atoms with Crippen LogP contribution in [0.15, 0.2) is 4.99 Å². The van der Waals surface area contributed by atoms with Crippen molar-refractivity contribution in [2.45, 2.75) is 0 Å². The molecule has 0 aromatic carbocycles. The fraction of sp³-hybridized carbons (Fsp3) is 0.375. The molecule has 8 heteroatoms. The number of rotatable bonds is 1.